The summed E-state index contributed by atoms with van der Waals surface area (Å²) in [5.74, 6) is 0. The van der Waals surface area contributed by atoms with Gasteiger partial charge in [-0.25, -0.2) is 0 Å². The van der Waals surface area contributed by atoms with E-state index < -0.39 is 6.10 Å². The van der Waals surface area contributed by atoms with Crippen molar-refractivity contribution in [2.45, 2.75) is 60.1 Å². The van der Waals surface area contributed by atoms with Gasteiger partial charge in [0.15, 0.2) is 0 Å². The predicted molar refractivity (Wildman–Crippen MR) is 80.6 cm³/mol. The number of nitrogens with two attached hydrogens (primary N) is 1. The molecule has 0 bridgehead atoms. The summed E-state index contributed by atoms with van der Waals surface area (Å²) in [7, 11) is 0. The Morgan fingerprint density at radius 3 is 1.56 bits per heavy atom. The average molecular weight is 272 g/mol. The minimum Gasteiger partial charge on any atom is -0.391 e. The van der Waals surface area contributed by atoms with Gasteiger partial charge < -0.3 is 10.8 Å². The monoisotopic (exact) mass is 271 g/mol. The van der Waals surface area contributed by atoms with Gasteiger partial charge in [-0.1, -0.05) is 6.92 Å². The molecule has 0 saturated carbocycles. The van der Waals surface area contributed by atoms with Gasteiger partial charge in [-0.05, 0) is 74.4 Å². The molecule has 0 saturated heterocycles. The van der Waals surface area contributed by atoms with Gasteiger partial charge in [-0.3, -0.25) is 0 Å². The van der Waals surface area contributed by atoms with Crippen LogP contribution in [0.25, 0.3) is 0 Å². The lowest BCUT2D eigenvalue weighted by molar-refractivity contribution is 0.140. The van der Waals surface area contributed by atoms with E-state index in [0.29, 0.717) is 6.42 Å². The first-order valence-corrected chi connectivity index (χ1v) is 6.33. The lowest BCUT2D eigenvalue weighted by atomic mass is 9.84. The Balaban J connectivity index is 0.00000289. The van der Waals surface area contributed by atoms with Gasteiger partial charge in [-0.15, -0.1) is 12.4 Å². The highest BCUT2D eigenvalue weighted by molar-refractivity contribution is 5.85. The molecule has 0 amide bonds. The summed E-state index contributed by atoms with van der Waals surface area (Å²) >= 11 is 0. The molecule has 18 heavy (non-hydrogen) atoms. The van der Waals surface area contributed by atoms with Gasteiger partial charge in [0.1, 0.15) is 0 Å². The van der Waals surface area contributed by atoms with E-state index in [1.54, 1.807) is 0 Å². The van der Waals surface area contributed by atoms with Crippen LogP contribution < -0.4 is 5.73 Å². The molecule has 2 atom stereocenters. The molecule has 1 aromatic rings. The van der Waals surface area contributed by atoms with Crippen molar-refractivity contribution in [1.82, 2.24) is 0 Å². The summed E-state index contributed by atoms with van der Waals surface area (Å²) in [4.78, 5) is 0. The van der Waals surface area contributed by atoms with Crippen LogP contribution in [-0.4, -0.2) is 11.2 Å². The van der Waals surface area contributed by atoms with Crippen molar-refractivity contribution < 1.29 is 5.11 Å². The summed E-state index contributed by atoms with van der Waals surface area (Å²) in [6, 6.07) is -0.280. The molecular weight excluding hydrogens is 246 g/mol. The highest BCUT2D eigenvalue weighted by Gasteiger charge is 2.22. The maximum atomic E-state index is 9.95. The van der Waals surface area contributed by atoms with Crippen LogP contribution >= 0.6 is 12.4 Å². The van der Waals surface area contributed by atoms with Crippen molar-refractivity contribution in [3.8, 4) is 0 Å². The van der Waals surface area contributed by atoms with Crippen LogP contribution in [0.3, 0.4) is 0 Å². The van der Waals surface area contributed by atoms with E-state index in [9.17, 15) is 5.11 Å². The minimum absolute atomic E-state index is 0. The molecule has 0 aromatic heterocycles. The number of aliphatic hydroxyl groups is 1. The molecule has 0 aliphatic carbocycles. The number of rotatable bonds is 3. The van der Waals surface area contributed by atoms with Crippen LogP contribution in [0.2, 0.25) is 0 Å². The van der Waals surface area contributed by atoms with Gasteiger partial charge in [0.25, 0.3) is 0 Å². The predicted octanol–water partition coefficient (Wildman–Crippen LogP) is 3.42. The van der Waals surface area contributed by atoms with Crippen molar-refractivity contribution in [2.75, 3.05) is 0 Å². The van der Waals surface area contributed by atoms with Crippen molar-refractivity contribution in [3.05, 3.63) is 33.4 Å². The maximum Gasteiger partial charge on any atom is 0.0730 e. The summed E-state index contributed by atoms with van der Waals surface area (Å²) in [5, 5.41) is 9.95. The number of benzene rings is 1. The third-order valence-electron chi connectivity index (χ3n) is 4.22. The Hall–Kier alpha value is -0.570. The number of hydrogen-bond acceptors (Lipinski definition) is 2. The highest BCUT2D eigenvalue weighted by atomic mass is 35.5. The van der Waals surface area contributed by atoms with Crippen molar-refractivity contribution >= 4 is 12.4 Å². The molecule has 1 aromatic carbocycles. The molecule has 0 aliphatic rings. The third kappa shape index (κ3) is 2.87. The molecule has 1 rings (SSSR count). The standard InChI is InChI=1S/C15H25NO.ClH/c1-7-13(17)15(16)14-11(5)9(3)8(2)10(4)12(14)6;/h13,15,17H,7,16H2,1-6H3;1H/t13-,15-;/m1./s1. The van der Waals surface area contributed by atoms with E-state index in [0.717, 1.165) is 5.56 Å². The van der Waals surface area contributed by atoms with Crippen LogP contribution in [0.4, 0.5) is 0 Å². The molecule has 0 unspecified atom stereocenters. The molecule has 104 valence electrons. The fourth-order valence-electron chi connectivity index (χ4n) is 2.48. The molecule has 3 heteroatoms. The van der Waals surface area contributed by atoms with Crippen molar-refractivity contribution in [1.29, 1.82) is 0 Å². The largest absolute Gasteiger partial charge is 0.391 e. The van der Waals surface area contributed by atoms with Gasteiger partial charge in [0, 0.05) is 0 Å². The summed E-state index contributed by atoms with van der Waals surface area (Å²) < 4.78 is 0. The van der Waals surface area contributed by atoms with E-state index in [1.165, 1.54) is 27.8 Å². The Morgan fingerprint density at radius 1 is 0.889 bits per heavy atom. The first-order chi connectivity index (χ1) is 7.82. The molecule has 0 spiro atoms. The Kier molecular flexibility index (Phi) is 6.35. The van der Waals surface area contributed by atoms with Crippen LogP contribution in [0.5, 0.6) is 0 Å². The molecule has 2 nitrogen and oxygen atoms in total. The zero-order chi connectivity index (χ0) is 13.3. The average Bonchev–Trinajstić information content (AvgIpc) is 2.32. The van der Waals surface area contributed by atoms with Crippen molar-refractivity contribution in [3.63, 3.8) is 0 Å². The Morgan fingerprint density at radius 2 is 1.22 bits per heavy atom. The second-order valence-corrected chi connectivity index (χ2v) is 5.04. The minimum atomic E-state index is -0.464. The van der Waals surface area contributed by atoms with E-state index in [-0.39, 0.29) is 18.4 Å². The van der Waals surface area contributed by atoms with Gasteiger partial charge in [-0.2, -0.15) is 0 Å². The van der Waals surface area contributed by atoms with Gasteiger partial charge in [0.05, 0.1) is 12.1 Å². The van der Waals surface area contributed by atoms with Crippen LogP contribution in [-0.2, 0) is 0 Å². The van der Waals surface area contributed by atoms with E-state index >= 15 is 0 Å². The van der Waals surface area contributed by atoms with Crippen LogP contribution in [0, 0.1) is 34.6 Å². The summed E-state index contributed by atoms with van der Waals surface area (Å²) in [6.07, 6.45) is 0.223. The molecule has 3 N–H and O–H groups in total. The second kappa shape index (κ2) is 6.55. The van der Waals surface area contributed by atoms with Crippen LogP contribution in [0.1, 0.15) is 52.8 Å². The molecular formula is C15H26ClNO. The zero-order valence-corrected chi connectivity index (χ0v) is 13.1. The Bertz CT molecular complexity index is 400. The summed E-state index contributed by atoms with van der Waals surface area (Å²) in [6.45, 7) is 12.6. The zero-order valence-electron chi connectivity index (χ0n) is 12.3. The van der Waals surface area contributed by atoms with Crippen LogP contribution in [0.15, 0.2) is 0 Å². The SMILES string of the molecule is CC[C@@H](O)[C@@H](N)c1c(C)c(C)c(C)c(C)c1C.Cl. The lowest BCUT2D eigenvalue weighted by Gasteiger charge is -2.25. The number of halogens is 1. The second-order valence-electron chi connectivity index (χ2n) is 5.04. The summed E-state index contributed by atoms with van der Waals surface area (Å²) in [5.41, 5.74) is 13.7. The van der Waals surface area contributed by atoms with Gasteiger partial charge in [0.2, 0.25) is 0 Å². The lowest BCUT2D eigenvalue weighted by Crippen LogP contribution is -2.27. The third-order valence-corrected chi connectivity index (χ3v) is 4.22. The van der Waals surface area contributed by atoms with E-state index in [2.05, 4.69) is 34.6 Å². The fraction of sp³-hybridized carbons (Fsp3) is 0.600. The van der Waals surface area contributed by atoms with Gasteiger partial charge >= 0.3 is 0 Å². The normalized spacial score (nSPS) is 14.0. The molecule has 0 fully saturated rings. The van der Waals surface area contributed by atoms with Crippen molar-refractivity contribution in [2.24, 2.45) is 5.73 Å². The molecule has 0 aliphatic heterocycles. The number of aliphatic hydroxyl groups excluding tert-OH is 1. The molecule has 0 radical (unpaired) electrons. The maximum absolute atomic E-state index is 9.95. The fourth-order valence-corrected chi connectivity index (χ4v) is 2.48. The molecule has 0 heterocycles. The first-order valence-electron chi connectivity index (χ1n) is 6.33. The van der Waals surface area contributed by atoms with E-state index in [1.807, 2.05) is 6.92 Å². The first kappa shape index (κ1) is 17.4. The smallest absolute Gasteiger partial charge is 0.0730 e. The number of hydrogen-bond donors (Lipinski definition) is 2. The highest BCUT2D eigenvalue weighted by Crippen LogP contribution is 2.31. The topological polar surface area (TPSA) is 46.2 Å². The Labute approximate surface area is 117 Å². The quantitative estimate of drug-likeness (QED) is 0.885. The van der Waals surface area contributed by atoms with E-state index in [4.69, 9.17) is 5.73 Å².